The number of ketones is 1. The summed E-state index contributed by atoms with van der Waals surface area (Å²) in [4.78, 5) is 35.4. The molecule has 2 rings (SSSR count). The lowest BCUT2D eigenvalue weighted by Gasteiger charge is -2.31. The fourth-order valence-electron chi connectivity index (χ4n) is 3.29. The van der Waals surface area contributed by atoms with Crippen molar-refractivity contribution in [1.29, 1.82) is 0 Å². The van der Waals surface area contributed by atoms with Crippen LogP contribution in [0.2, 0.25) is 0 Å². The third-order valence-electron chi connectivity index (χ3n) is 4.43. The zero-order valence-corrected chi connectivity index (χ0v) is 12.7. The van der Waals surface area contributed by atoms with Crippen molar-refractivity contribution in [2.75, 3.05) is 13.7 Å². The van der Waals surface area contributed by atoms with Crippen molar-refractivity contribution in [3.8, 4) is 0 Å². The molecule has 0 bridgehead atoms. The molecule has 0 aliphatic heterocycles. The molecule has 1 aliphatic carbocycles. The van der Waals surface area contributed by atoms with Crippen molar-refractivity contribution in [2.24, 2.45) is 5.41 Å². The summed E-state index contributed by atoms with van der Waals surface area (Å²) in [6, 6.07) is 7.15. The van der Waals surface area contributed by atoms with Gasteiger partial charge in [0.2, 0.25) is 6.54 Å². The Balaban J connectivity index is 2.54. The second kappa shape index (κ2) is 6.25. The first kappa shape index (κ1) is 16.1. The predicted octanol–water partition coefficient (Wildman–Crippen LogP) is 2.27. The summed E-state index contributed by atoms with van der Waals surface area (Å²) in [5.74, 6) is -1.72. The summed E-state index contributed by atoms with van der Waals surface area (Å²) in [5.41, 5.74) is 0.202. The maximum absolute atomic E-state index is 12.4. The van der Waals surface area contributed by atoms with Gasteiger partial charge in [0.25, 0.3) is 0 Å². The molecule has 0 heterocycles. The smallest absolute Gasteiger partial charge is 0.320 e. The third kappa shape index (κ3) is 2.73. The summed E-state index contributed by atoms with van der Waals surface area (Å²) in [5, 5.41) is 11.1. The lowest BCUT2D eigenvalue weighted by atomic mass is 9.69. The van der Waals surface area contributed by atoms with Gasteiger partial charge in [-0.25, -0.2) is 0 Å². The Morgan fingerprint density at radius 1 is 1.41 bits per heavy atom. The zero-order valence-electron chi connectivity index (χ0n) is 12.7. The van der Waals surface area contributed by atoms with Gasteiger partial charge in [-0.05, 0) is 25.3 Å². The van der Waals surface area contributed by atoms with Crippen LogP contribution in [-0.2, 0) is 14.3 Å². The summed E-state index contributed by atoms with van der Waals surface area (Å²) in [6.07, 6.45) is 1.11. The quantitative estimate of drug-likeness (QED) is 0.360. The van der Waals surface area contributed by atoms with Crippen LogP contribution in [0, 0.1) is 22.5 Å². The molecule has 1 aliphatic rings. The monoisotopic (exact) mass is 305 g/mol. The number of rotatable bonds is 5. The Morgan fingerprint density at radius 2 is 2.05 bits per heavy atom. The van der Waals surface area contributed by atoms with Gasteiger partial charge in [-0.1, -0.05) is 29.8 Å². The van der Waals surface area contributed by atoms with E-state index >= 15 is 0 Å². The van der Waals surface area contributed by atoms with E-state index in [4.69, 9.17) is 4.74 Å². The molecule has 22 heavy (non-hydrogen) atoms. The number of carbonyl (C=O) groups is 2. The van der Waals surface area contributed by atoms with E-state index in [1.54, 1.807) is 12.1 Å². The van der Waals surface area contributed by atoms with E-state index in [9.17, 15) is 19.7 Å². The predicted molar refractivity (Wildman–Crippen MR) is 79.1 cm³/mol. The summed E-state index contributed by atoms with van der Waals surface area (Å²) in [7, 11) is 1.22. The normalized spacial score (nSPS) is 22.4. The number of hydrogen-bond acceptors (Lipinski definition) is 5. The number of hydrogen-bond donors (Lipinski definition) is 0. The Hall–Kier alpha value is -2.24. The molecule has 6 nitrogen and oxygen atoms in total. The number of esters is 1. The van der Waals surface area contributed by atoms with Crippen molar-refractivity contribution in [3.63, 3.8) is 0 Å². The van der Waals surface area contributed by atoms with Crippen LogP contribution in [0.1, 0.15) is 36.3 Å². The molecule has 0 radical (unpaired) electrons. The third-order valence-corrected chi connectivity index (χ3v) is 4.43. The van der Waals surface area contributed by atoms with E-state index in [2.05, 4.69) is 0 Å². The molecule has 0 spiro atoms. The highest BCUT2D eigenvalue weighted by atomic mass is 16.6. The van der Waals surface area contributed by atoms with E-state index < -0.39 is 28.8 Å². The van der Waals surface area contributed by atoms with E-state index in [1.165, 1.54) is 7.11 Å². The molecule has 6 heteroatoms. The van der Waals surface area contributed by atoms with Crippen molar-refractivity contribution in [3.05, 3.63) is 45.5 Å². The molecular weight excluding hydrogens is 286 g/mol. The first-order valence-corrected chi connectivity index (χ1v) is 7.22. The number of methoxy groups -OCH3 is 1. The number of nitro groups is 1. The number of nitrogens with zero attached hydrogens (tertiary/aromatic N) is 1. The standard InChI is InChI=1S/C16H19NO5/c1-11-5-7-12(8-6-11)13(10-17(20)21)16(15(19)22-2)9-3-4-14(16)18/h5-8,13H,3-4,9-10H2,1-2H3/t13-,16-/m1/s1. The lowest BCUT2D eigenvalue weighted by Crippen LogP contribution is -2.44. The lowest BCUT2D eigenvalue weighted by molar-refractivity contribution is -0.485. The summed E-state index contributed by atoms with van der Waals surface area (Å²) in [6.45, 7) is 1.44. The van der Waals surface area contributed by atoms with E-state index in [0.29, 0.717) is 18.4 Å². The van der Waals surface area contributed by atoms with Crippen LogP contribution in [0.4, 0.5) is 0 Å². The number of aryl methyl sites for hydroxylation is 1. The largest absolute Gasteiger partial charge is 0.468 e. The van der Waals surface area contributed by atoms with Gasteiger partial charge in [0.1, 0.15) is 5.41 Å². The van der Waals surface area contributed by atoms with Gasteiger partial charge in [-0.15, -0.1) is 0 Å². The Labute approximate surface area is 128 Å². The molecule has 1 fully saturated rings. The van der Waals surface area contributed by atoms with Gasteiger partial charge in [0, 0.05) is 11.3 Å². The Bertz CT molecular complexity index is 595. The Kier molecular flexibility index (Phi) is 4.59. The highest BCUT2D eigenvalue weighted by Gasteiger charge is 2.57. The fraction of sp³-hybridized carbons (Fsp3) is 0.500. The fourth-order valence-corrected chi connectivity index (χ4v) is 3.29. The molecule has 0 aromatic heterocycles. The highest BCUT2D eigenvalue weighted by molar-refractivity contribution is 6.06. The molecule has 1 aromatic carbocycles. The van der Waals surface area contributed by atoms with Gasteiger partial charge in [-0.2, -0.15) is 0 Å². The molecular formula is C16H19NO5. The number of carbonyl (C=O) groups excluding carboxylic acids is 2. The van der Waals surface area contributed by atoms with Gasteiger partial charge >= 0.3 is 5.97 Å². The highest BCUT2D eigenvalue weighted by Crippen LogP contribution is 2.47. The average Bonchev–Trinajstić information content (AvgIpc) is 2.87. The molecule has 1 aromatic rings. The summed E-state index contributed by atoms with van der Waals surface area (Å²) >= 11 is 0. The maximum atomic E-state index is 12.4. The van der Waals surface area contributed by atoms with E-state index in [1.807, 2.05) is 19.1 Å². The van der Waals surface area contributed by atoms with Crippen LogP contribution >= 0.6 is 0 Å². The van der Waals surface area contributed by atoms with E-state index in [-0.39, 0.29) is 12.2 Å². The molecule has 0 unspecified atom stereocenters. The van der Waals surface area contributed by atoms with Crippen LogP contribution in [0.3, 0.4) is 0 Å². The number of benzene rings is 1. The van der Waals surface area contributed by atoms with Crippen molar-refractivity contribution >= 4 is 11.8 Å². The minimum Gasteiger partial charge on any atom is -0.468 e. The molecule has 1 saturated carbocycles. The van der Waals surface area contributed by atoms with Crippen molar-refractivity contribution in [1.82, 2.24) is 0 Å². The minimum absolute atomic E-state index is 0.258. The van der Waals surface area contributed by atoms with Gasteiger partial charge in [0.05, 0.1) is 13.0 Å². The first-order chi connectivity index (χ1) is 10.4. The van der Waals surface area contributed by atoms with Crippen LogP contribution < -0.4 is 0 Å². The average molecular weight is 305 g/mol. The zero-order chi connectivity index (χ0) is 16.3. The summed E-state index contributed by atoms with van der Waals surface area (Å²) < 4.78 is 4.83. The van der Waals surface area contributed by atoms with Crippen LogP contribution in [0.25, 0.3) is 0 Å². The second-order valence-electron chi connectivity index (χ2n) is 5.72. The Morgan fingerprint density at radius 3 is 2.50 bits per heavy atom. The molecule has 118 valence electrons. The minimum atomic E-state index is -1.43. The van der Waals surface area contributed by atoms with Gasteiger partial charge < -0.3 is 4.74 Å². The van der Waals surface area contributed by atoms with E-state index in [0.717, 1.165) is 5.56 Å². The van der Waals surface area contributed by atoms with Crippen LogP contribution in [-0.4, -0.2) is 30.3 Å². The molecule has 0 N–H and O–H groups in total. The van der Waals surface area contributed by atoms with Crippen molar-refractivity contribution < 1.29 is 19.2 Å². The second-order valence-corrected chi connectivity index (χ2v) is 5.72. The SMILES string of the molecule is COC(=O)[C@@]1([C@H](C[N+](=O)[O-])c2ccc(C)cc2)CCCC1=O. The van der Waals surface area contributed by atoms with Gasteiger partial charge in [-0.3, -0.25) is 19.7 Å². The van der Waals surface area contributed by atoms with Crippen molar-refractivity contribution in [2.45, 2.75) is 32.1 Å². The number of ether oxygens (including phenoxy) is 1. The maximum Gasteiger partial charge on any atom is 0.320 e. The van der Waals surface area contributed by atoms with Gasteiger partial charge in [0.15, 0.2) is 5.78 Å². The molecule has 0 saturated heterocycles. The molecule has 2 atom stereocenters. The first-order valence-electron chi connectivity index (χ1n) is 7.22. The number of Topliss-reactive ketones (excluding diaryl/α,β-unsaturated/α-hetero) is 1. The topological polar surface area (TPSA) is 86.5 Å². The van der Waals surface area contributed by atoms with Crippen LogP contribution in [0.5, 0.6) is 0 Å². The molecule has 0 amide bonds. The van der Waals surface area contributed by atoms with Crippen LogP contribution in [0.15, 0.2) is 24.3 Å².